The standard InChI is InChI=1S/C8H10Cl2O6/c9-7(10)8-14-2(1-11)4-3(12)5(15-8)6(13-4)16-8/h2-7,11-12H,1H2/t2-,3+,4-,5-,6-,8?/m1/s1. The summed E-state index contributed by atoms with van der Waals surface area (Å²) in [6, 6.07) is 0. The Morgan fingerprint density at radius 3 is 2.50 bits per heavy atom. The molecule has 6 nitrogen and oxygen atoms in total. The third-order valence-corrected chi connectivity index (χ3v) is 3.48. The fraction of sp³-hybridized carbons (Fsp3) is 1.00. The molecule has 1 unspecified atom stereocenters. The summed E-state index contributed by atoms with van der Waals surface area (Å²) in [4.78, 5) is -1.11. The molecule has 92 valence electrons. The highest BCUT2D eigenvalue weighted by molar-refractivity contribution is 6.44. The van der Waals surface area contributed by atoms with E-state index in [1.165, 1.54) is 0 Å². The lowest BCUT2D eigenvalue weighted by Gasteiger charge is -2.29. The number of aliphatic hydroxyl groups excluding tert-OH is 2. The molecule has 0 spiro atoms. The molecule has 4 saturated heterocycles. The predicted octanol–water partition coefficient (Wildman–Crippen LogP) is -0.664. The van der Waals surface area contributed by atoms with Gasteiger partial charge in [0.05, 0.1) is 6.61 Å². The van der Waals surface area contributed by atoms with Crippen LogP contribution in [0.25, 0.3) is 0 Å². The molecule has 4 rings (SSSR count). The van der Waals surface area contributed by atoms with Gasteiger partial charge in [0.15, 0.2) is 11.1 Å². The molecule has 0 aromatic carbocycles. The van der Waals surface area contributed by atoms with Crippen LogP contribution in [0.4, 0.5) is 0 Å². The quantitative estimate of drug-likeness (QED) is 0.650. The molecule has 4 heterocycles. The highest BCUT2D eigenvalue weighted by Crippen LogP contribution is 2.48. The number of rotatable bonds is 2. The summed E-state index contributed by atoms with van der Waals surface area (Å²) in [7, 11) is 0. The first kappa shape index (κ1) is 11.4. The van der Waals surface area contributed by atoms with Crippen LogP contribution in [-0.2, 0) is 18.9 Å². The van der Waals surface area contributed by atoms with Crippen molar-refractivity contribution in [3.63, 3.8) is 0 Å². The number of aliphatic hydroxyl groups is 2. The van der Waals surface area contributed by atoms with E-state index in [1.807, 2.05) is 0 Å². The zero-order valence-corrected chi connectivity index (χ0v) is 9.47. The van der Waals surface area contributed by atoms with Crippen molar-refractivity contribution < 1.29 is 29.2 Å². The largest absolute Gasteiger partial charge is 0.394 e. The minimum atomic E-state index is -1.67. The van der Waals surface area contributed by atoms with Crippen LogP contribution in [0, 0.1) is 0 Å². The fourth-order valence-electron chi connectivity index (χ4n) is 2.20. The molecule has 0 radical (unpaired) electrons. The number of ether oxygens (including phenoxy) is 4. The molecule has 0 saturated carbocycles. The minimum absolute atomic E-state index is 0.351. The first-order valence-corrected chi connectivity index (χ1v) is 5.70. The summed E-state index contributed by atoms with van der Waals surface area (Å²) in [5.74, 6) is -1.67. The maximum atomic E-state index is 9.88. The molecular formula is C8H10Cl2O6. The van der Waals surface area contributed by atoms with Gasteiger partial charge >= 0.3 is 5.97 Å². The lowest BCUT2D eigenvalue weighted by molar-refractivity contribution is -0.342. The molecule has 0 aromatic rings. The molecular weight excluding hydrogens is 263 g/mol. The molecule has 0 aliphatic carbocycles. The highest BCUT2D eigenvalue weighted by Gasteiger charge is 2.66. The van der Waals surface area contributed by atoms with Crippen molar-refractivity contribution in [1.82, 2.24) is 0 Å². The van der Waals surface area contributed by atoms with Gasteiger partial charge in [-0.3, -0.25) is 4.74 Å². The van der Waals surface area contributed by atoms with Gasteiger partial charge in [-0.2, -0.15) is 0 Å². The van der Waals surface area contributed by atoms with Crippen LogP contribution < -0.4 is 0 Å². The zero-order valence-electron chi connectivity index (χ0n) is 7.95. The maximum Gasteiger partial charge on any atom is 0.318 e. The Balaban J connectivity index is 1.97. The molecule has 4 aliphatic rings. The van der Waals surface area contributed by atoms with Crippen LogP contribution in [0.5, 0.6) is 0 Å². The minimum Gasteiger partial charge on any atom is -0.394 e. The normalized spacial score (nSPS) is 54.9. The fourth-order valence-corrected chi connectivity index (χ4v) is 2.51. The molecule has 4 aliphatic heterocycles. The van der Waals surface area contributed by atoms with Crippen molar-refractivity contribution in [2.24, 2.45) is 0 Å². The molecule has 2 N–H and O–H groups in total. The lowest BCUT2D eigenvalue weighted by atomic mass is 10.1. The maximum absolute atomic E-state index is 9.88. The van der Waals surface area contributed by atoms with Crippen molar-refractivity contribution in [2.45, 2.75) is 41.5 Å². The predicted molar refractivity (Wildman–Crippen MR) is 50.8 cm³/mol. The van der Waals surface area contributed by atoms with E-state index in [9.17, 15) is 10.2 Å². The van der Waals surface area contributed by atoms with Gasteiger partial charge in [-0.15, -0.1) is 0 Å². The van der Waals surface area contributed by atoms with Gasteiger partial charge in [-0.25, -0.2) is 0 Å². The molecule has 4 bridgehead atoms. The zero-order chi connectivity index (χ0) is 11.5. The SMILES string of the molecule is OC[C@H]1OC2(C(Cl)Cl)O[C@H]3O[C@H]1[C@H](O)[C@H]3O2. The van der Waals surface area contributed by atoms with Crippen LogP contribution in [0.3, 0.4) is 0 Å². The van der Waals surface area contributed by atoms with Gasteiger partial charge < -0.3 is 24.4 Å². The van der Waals surface area contributed by atoms with E-state index >= 15 is 0 Å². The second-order valence-electron chi connectivity index (χ2n) is 3.90. The first-order valence-electron chi connectivity index (χ1n) is 4.83. The van der Waals surface area contributed by atoms with E-state index in [0.29, 0.717) is 0 Å². The summed E-state index contributed by atoms with van der Waals surface area (Å²) in [6.45, 7) is -0.351. The average Bonchev–Trinajstić information content (AvgIpc) is 2.60. The van der Waals surface area contributed by atoms with Crippen molar-refractivity contribution in [3.8, 4) is 0 Å². The molecule has 0 amide bonds. The number of hydrogen-bond acceptors (Lipinski definition) is 6. The van der Waals surface area contributed by atoms with E-state index in [-0.39, 0.29) is 6.61 Å². The molecule has 4 fully saturated rings. The number of alkyl halides is 2. The number of hydrogen-bond donors (Lipinski definition) is 2. The summed E-state index contributed by atoms with van der Waals surface area (Å²) >= 11 is 11.5. The third-order valence-electron chi connectivity index (χ3n) is 2.94. The van der Waals surface area contributed by atoms with Crippen molar-refractivity contribution >= 4 is 23.2 Å². The van der Waals surface area contributed by atoms with E-state index < -0.39 is 41.5 Å². The van der Waals surface area contributed by atoms with Crippen LogP contribution in [0.2, 0.25) is 0 Å². The van der Waals surface area contributed by atoms with Crippen LogP contribution in [0.15, 0.2) is 0 Å². The Labute approximate surface area is 101 Å². The lowest BCUT2D eigenvalue weighted by Crippen LogP contribution is -2.46. The number of fused-ring (bicyclic) bond motifs is 1. The summed E-state index contributed by atoms with van der Waals surface area (Å²) in [5.41, 5.74) is 0. The van der Waals surface area contributed by atoms with Crippen LogP contribution >= 0.6 is 23.2 Å². The Kier molecular flexibility index (Phi) is 2.62. The second kappa shape index (κ2) is 3.66. The van der Waals surface area contributed by atoms with E-state index in [4.69, 9.17) is 42.1 Å². The molecule has 6 atom stereocenters. The topological polar surface area (TPSA) is 77.4 Å². The Morgan fingerprint density at radius 1 is 1.19 bits per heavy atom. The van der Waals surface area contributed by atoms with E-state index in [2.05, 4.69) is 0 Å². The van der Waals surface area contributed by atoms with Gasteiger partial charge in [-0.05, 0) is 0 Å². The van der Waals surface area contributed by atoms with Gasteiger partial charge in [0, 0.05) is 0 Å². The summed E-state index contributed by atoms with van der Waals surface area (Å²) in [6.07, 6.45) is -3.87. The Morgan fingerprint density at radius 2 is 1.94 bits per heavy atom. The van der Waals surface area contributed by atoms with Crippen molar-refractivity contribution in [1.29, 1.82) is 0 Å². The Hall–Kier alpha value is 0.340. The van der Waals surface area contributed by atoms with Gasteiger partial charge in [0.1, 0.15) is 24.4 Å². The second-order valence-corrected chi connectivity index (χ2v) is 5.00. The first-order chi connectivity index (χ1) is 7.57. The van der Waals surface area contributed by atoms with Gasteiger partial charge in [0.2, 0.25) is 0 Å². The molecule has 8 heteroatoms. The van der Waals surface area contributed by atoms with Gasteiger partial charge in [-0.1, -0.05) is 23.2 Å². The number of halogens is 2. The molecule has 16 heavy (non-hydrogen) atoms. The van der Waals surface area contributed by atoms with Crippen molar-refractivity contribution in [2.75, 3.05) is 6.61 Å². The smallest absolute Gasteiger partial charge is 0.318 e. The van der Waals surface area contributed by atoms with Crippen LogP contribution in [0.1, 0.15) is 0 Å². The van der Waals surface area contributed by atoms with E-state index in [0.717, 1.165) is 0 Å². The van der Waals surface area contributed by atoms with Crippen molar-refractivity contribution in [3.05, 3.63) is 0 Å². The van der Waals surface area contributed by atoms with E-state index in [1.54, 1.807) is 0 Å². The van der Waals surface area contributed by atoms with Crippen LogP contribution in [-0.4, -0.2) is 58.3 Å². The summed E-state index contributed by atoms with van der Waals surface area (Å²) < 4.78 is 21.5. The Bertz CT molecular complexity index is 302. The highest BCUT2D eigenvalue weighted by atomic mass is 35.5. The van der Waals surface area contributed by atoms with Gasteiger partial charge in [0.25, 0.3) is 0 Å². The monoisotopic (exact) mass is 272 g/mol. The third kappa shape index (κ3) is 1.36. The summed E-state index contributed by atoms with van der Waals surface area (Å²) in [5, 5.41) is 19.0. The molecule has 0 aromatic heterocycles. The average molecular weight is 273 g/mol.